The first-order valence-electron chi connectivity index (χ1n) is 7.94. The minimum atomic E-state index is -0.518. The third kappa shape index (κ3) is 2.99. The van der Waals surface area contributed by atoms with Crippen molar-refractivity contribution in [3.63, 3.8) is 0 Å². The van der Waals surface area contributed by atoms with Gasteiger partial charge in [0.2, 0.25) is 0 Å². The van der Waals surface area contributed by atoms with Crippen LogP contribution >= 0.6 is 0 Å². The third-order valence-electron chi connectivity index (χ3n) is 4.92. The molecule has 1 unspecified atom stereocenters. The highest BCUT2D eigenvalue weighted by atomic mass is 16.3. The van der Waals surface area contributed by atoms with Gasteiger partial charge in [-0.1, -0.05) is 31.7 Å². The minimum Gasteiger partial charge on any atom is -0.508 e. The molecular weight excluding hydrogens is 250 g/mol. The largest absolute Gasteiger partial charge is 0.508 e. The lowest BCUT2D eigenvalue weighted by Gasteiger charge is -2.29. The van der Waals surface area contributed by atoms with Crippen LogP contribution in [-0.4, -0.2) is 22.4 Å². The number of aromatic hydroxyl groups is 1. The lowest BCUT2D eigenvalue weighted by atomic mass is 9.94. The zero-order valence-corrected chi connectivity index (χ0v) is 12.1. The molecule has 2 aliphatic rings. The molecule has 1 atom stereocenters. The highest BCUT2D eigenvalue weighted by Gasteiger charge is 2.30. The Balaban J connectivity index is 1.62. The van der Waals surface area contributed by atoms with Gasteiger partial charge < -0.3 is 15.5 Å². The first-order chi connectivity index (χ1) is 9.66. The van der Waals surface area contributed by atoms with E-state index >= 15 is 0 Å². The Hall–Kier alpha value is -1.06. The molecule has 0 aromatic heterocycles. The summed E-state index contributed by atoms with van der Waals surface area (Å²) in [5.74, 6) is 0.354. The van der Waals surface area contributed by atoms with Crippen molar-refractivity contribution in [2.75, 3.05) is 6.54 Å². The number of hydrogen-bond donors (Lipinski definition) is 3. The number of hydrogen-bond acceptors (Lipinski definition) is 3. The summed E-state index contributed by atoms with van der Waals surface area (Å²) >= 11 is 0. The summed E-state index contributed by atoms with van der Waals surface area (Å²) in [6.45, 7) is 0.692. The van der Waals surface area contributed by atoms with E-state index in [1.165, 1.54) is 24.0 Å². The van der Waals surface area contributed by atoms with Crippen LogP contribution in [0.5, 0.6) is 5.75 Å². The summed E-state index contributed by atoms with van der Waals surface area (Å²) in [7, 11) is 0. The van der Waals surface area contributed by atoms with Gasteiger partial charge in [0.25, 0.3) is 0 Å². The fourth-order valence-electron chi connectivity index (χ4n) is 3.69. The molecule has 0 aliphatic heterocycles. The van der Waals surface area contributed by atoms with Crippen LogP contribution in [0.1, 0.15) is 62.1 Å². The Labute approximate surface area is 121 Å². The number of benzene rings is 1. The molecular formula is C17H25NO2. The monoisotopic (exact) mass is 275 g/mol. The summed E-state index contributed by atoms with van der Waals surface area (Å²) in [4.78, 5) is 0. The smallest absolute Gasteiger partial charge is 0.115 e. The van der Waals surface area contributed by atoms with Gasteiger partial charge in [0, 0.05) is 12.6 Å². The number of nitrogens with one attached hydrogen (secondary N) is 1. The molecule has 2 aliphatic carbocycles. The zero-order valence-electron chi connectivity index (χ0n) is 12.1. The van der Waals surface area contributed by atoms with E-state index in [4.69, 9.17) is 0 Å². The summed E-state index contributed by atoms with van der Waals surface area (Å²) in [6, 6.07) is 5.99. The first kappa shape index (κ1) is 13.9. The van der Waals surface area contributed by atoms with Crippen molar-refractivity contribution in [1.82, 2.24) is 5.32 Å². The van der Waals surface area contributed by atoms with Crippen LogP contribution in [-0.2, 0) is 6.42 Å². The second-order valence-electron chi connectivity index (χ2n) is 6.49. The van der Waals surface area contributed by atoms with Gasteiger partial charge in [-0.2, -0.15) is 0 Å². The van der Waals surface area contributed by atoms with Gasteiger partial charge in [0.05, 0.1) is 5.60 Å². The van der Waals surface area contributed by atoms with E-state index in [9.17, 15) is 10.2 Å². The molecule has 3 N–H and O–H groups in total. The molecule has 20 heavy (non-hydrogen) atoms. The lowest BCUT2D eigenvalue weighted by molar-refractivity contribution is 0.0227. The maximum atomic E-state index is 10.7. The van der Waals surface area contributed by atoms with E-state index < -0.39 is 5.60 Å². The van der Waals surface area contributed by atoms with E-state index in [0.717, 1.165) is 38.5 Å². The molecule has 0 heterocycles. The van der Waals surface area contributed by atoms with E-state index in [-0.39, 0.29) is 0 Å². The summed E-state index contributed by atoms with van der Waals surface area (Å²) in [5, 5.41) is 23.8. The predicted octanol–water partition coefficient (Wildman–Crippen LogP) is 3.05. The van der Waals surface area contributed by atoms with Crippen LogP contribution in [0.4, 0.5) is 0 Å². The molecule has 1 aromatic rings. The van der Waals surface area contributed by atoms with Gasteiger partial charge in [-0.25, -0.2) is 0 Å². The van der Waals surface area contributed by atoms with Crippen LogP contribution in [0.2, 0.25) is 0 Å². The molecule has 0 amide bonds. The van der Waals surface area contributed by atoms with Crippen LogP contribution in [0.15, 0.2) is 18.2 Å². The maximum absolute atomic E-state index is 10.7. The molecule has 110 valence electrons. The molecule has 3 rings (SSSR count). The highest BCUT2D eigenvalue weighted by molar-refractivity contribution is 5.40. The van der Waals surface area contributed by atoms with Crippen molar-refractivity contribution in [2.24, 2.45) is 0 Å². The normalized spacial score (nSPS) is 25.1. The Morgan fingerprint density at radius 1 is 1.15 bits per heavy atom. The molecule has 3 nitrogen and oxygen atoms in total. The predicted molar refractivity (Wildman–Crippen MR) is 79.8 cm³/mol. The molecule has 0 bridgehead atoms. The average molecular weight is 275 g/mol. The van der Waals surface area contributed by atoms with E-state index in [2.05, 4.69) is 5.32 Å². The van der Waals surface area contributed by atoms with Crippen molar-refractivity contribution in [3.05, 3.63) is 29.3 Å². The van der Waals surface area contributed by atoms with Crippen LogP contribution in [0.25, 0.3) is 0 Å². The number of phenols is 1. The summed E-state index contributed by atoms with van der Waals surface area (Å²) < 4.78 is 0. The van der Waals surface area contributed by atoms with E-state index in [1.54, 1.807) is 6.07 Å². The number of rotatable bonds is 3. The molecule has 1 aromatic carbocycles. The van der Waals surface area contributed by atoms with Crippen molar-refractivity contribution < 1.29 is 10.2 Å². The quantitative estimate of drug-likeness (QED) is 0.743. The highest BCUT2D eigenvalue weighted by Crippen LogP contribution is 2.34. The molecule has 0 radical (unpaired) electrons. The number of fused-ring (bicyclic) bond motifs is 1. The van der Waals surface area contributed by atoms with Gasteiger partial charge in [0.1, 0.15) is 5.75 Å². The van der Waals surface area contributed by atoms with Crippen molar-refractivity contribution in [2.45, 2.75) is 63.0 Å². The number of phenolic OH excluding ortho intramolecular Hbond substituents is 1. The fourth-order valence-corrected chi connectivity index (χ4v) is 3.69. The topological polar surface area (TPSA) is 52.5 Å². The summed E-state index contributed by atoms with van der Waals surface area (Å²) in [5.41, 5.74) is 2.02. The molecule has 3 heteroatoms. The lowest BCUT2D eigenvalue weighted by Crippen LogP contribution is -2.41. The SMILES string of the molecule is Oc1ccc2c(c1)CCC2NCC1(O)CCCCCC1. The fraction of sp³-hybridized carbons (Fsp3) is 0.647. The minimum absolute atomic E-state index is 0.331. The zero-order chi connectivity index (χ0) is 14.0. The number of aryl methyl sites for hydroxylation is 1. The van der Waals surface area contributed by atoms with E-state index in [0.29, 0.717) is 18.3 Å². The van der Waals surface area contributed by atoms with E-state index in [1.807, 2.05) is 12.1 Å². The third-order valence-corrected chi connectivity index (χ3v) is 4.92. The van der Waals surface area contributed by atoms with Gasteiger partial charge in [-0.15, -0.1) is 0 Å². The maximum Gasteiger partial charge on any atom is 0.115 e. The van der Waals surface area contributed by atoms with Crippen LogP contribution < -0.4 is 5.32 Å². The molecule has 1 fully saturated rings. The van der Waals surface area contributed by atoms with Gasteiger partial charge in [-0.3, -0.25) is 0 Å². The van der Waals surface area contributed by atoms with Crippen LogP contribution in [0, 0.1) is 0 Å². The standard InChI is InChI=1S/C17H25NO2/c19-14-6-7-15-13(11-14)5-8-16(15)18-12-17(20)9-3-1-2-4-10-17/h6-7,11,16,18-20H,1-5,8-10,12H2. The number of aliphatic hydroxyl groups is 1. The second-order valence-corrected chi connectivity index (χ2v) is 6.49. The molecule has 1 saturated carbocycles. The Bertz CT molecular complexity index is 464. The second kappa shape index (κ2) is 5.74. The summed E-state index contributed by atoms with van der Waals surface area (Å²) in [6.07, 6.45) is 8.74. The molecule has 0 saturated heterocycles. The van der Waals surface area contributed by atoms with Crippen molar-refractivity contribution in [1.29, 1.82) is 0 Å². The van der Waals surface area contributed by atoms with Crippen LogP contribution in [0.3, 0.4) is 0 Å². The first-order valence-corrected chi connectivity index (χ1v) is 7.94. The molecule has 0 spiro atoms. The Morgan fingerprint density at radius 3 is 2.65 bits per heavy atom. The van der Waals surface area contributed by atoms with Crippen molar-refractivity contribution in [3.8, 4) is 5.75 Å². The Kier molecular flexibility index (Phi) is 3.99. The van der Waals surface area contributed by atoms with Gasteiger partial charge in [-0.05, 0) is 48.9 Å². The van der Waals surface area contributed by atoms with Gasteiger partial charge >= 0.3 is 0 Å². The van der Waals surface area contributed by atoms with Crippen molar-refractivity contribution >= 4 is 0 Å². The Morgan fingerprint density at radius 2 is 1.90 bits per heavy atom. The average Bonchev–Trinajstić information content (AvgIpc) is 2.70. The van der Waals surface area contributed by atoms with Gasteiger partial charge in [0.15, 0.2) is 0 Å².